The zero-order valence-electron chi connectivity index (χ0n) is 17.2. The molecule has 2 unspecified atom stereocenters. The molecule has 1 fully saturated rings. The van der Waals surface area contributed by atoms with Gasteiger partial charge in [-0.25, -0.2) is 0 Å². The Bertz CT molecular complexity index is 1000. The molecule has 3 aromatic rings. The summed E-state index contributed by atoms with van der Waals surface area (Å²) in [5.41, 5.74) is 1.69. The van der Waals surface area contributed by atoms with E-state index in [0.29, 0.717) is 36.9 Å². The summed E-state index contributed by atoms with van der Waals surface area (Å²) >= 11 is 0. The van der Waals surface area contributed by atoms with Crippen molar-refractivity contribution in [3.8, 4) is 0 Å². The smallest absolute Gasteiger partial charge is 0.185 e. The maximum absolute atomic E-state index is 12.6. The van der Waals surface area contributed by atoms with Crippen LogP contribution in [0.25, 0.3) is 10.8 Å². The third-order valence-electron chi connectivity index (χ3n) is 5.60. The van der Waals surface area contributed by atoms with Crippen molar-refractivity contribution < 1.29 is 23.9 Å². The molecule has 30 heavy (non-hydrogen) atoms. The molecule has 0 saturated carbocycles. The molecule has 1 aliphatic heterocycles. The van der Waals surface area contributed by atoms with Crippen molar-refractivity contribution in [2.45, 2.75) is 45.5 Å². The highest BCUT2D eigenvalue weighted by molar-refractivity contribution is 5.95. The Morgan fingerprint density at radius 1 is 1.23 bits per heavy atom. The van der Waals surface area contributed by atoms with Crippen molar-refractivity contribution in [3.05, 3.63) is 65.0 Å². The van der Waals surface area contributed by atoms with E-state index >= 15 is 0 Å². The van der Waals surface area contributed by atoms with Crippen molar-refractivity contribution in [3.63, 3.8) is 0 Å². The number of ketones is 1. The van der Waals surface area contributed by atoms with E-state index in [-0.39, 0.29) is 18.1 Å². The Kier molecular flexibility index (Phi) is 6.57. The molecular formula is C24H27NO5. The SMILES string of the molecule is CC(O)c1c(C(=O)CCC2CCOC2)noc1COCc1ccc2ccccc2c1. The molecule has 0 spiro atoms. The highest BCUT2D eigenvalue weighted by Gasteiger charge is 2.26. The van der Waals surface area contributed by atoms with E-state index in [4.69, 9.17) is 14.0 Å². The molecule has 2 atom stereocenters. The van der Waals surface area contributed by atoms with Gasteiger partial charge in [0.2, 0.25) is 0 Å². The third-order valence-corrected chi connectivity index (χ3v) is 5.60. The van der Waals surface area contributed by atoms with Crippen LogP contribution in [0.15, 0.2) is 47.0 Å². The van der Waals surface area contributed by atoms with E-state index in [2.05, 4.69) is 29.4 Å². The van der Waals surface area contributed by atoms with E-state index in [1.807, 2.05) is 18.2 Å². The van der Waals surface area contributed by atoms with Crippen LogP contribution in [-0.2, 0) is 22.7 Å². The quantitative estimate of drug-likeness (QED) is 0.520. The molecule has 0 aliphatic carbocycles. The number of rotatable bonds is 9. The summed E-state index contributed by atoms with van der Waals surface area (Å²) in [5, 5.41) is 16.5. The lowest BCUT2D eigenvalue weighted by molar-refractivity contribution is 0.0848. The summed E-state index contributed by atoms with van der Waals surface area (Å²) in [7, 11) is 0. The maximum Gasteiger partial charge on any atom is 0.185 e. The van der Waals surface area contributed by atoms with Gasteiger partial charge in [-0.2, -0.15) is 0 Å². The average molecular weight is 409 g/mol. The molecule has 2 aromatic carbocycles. The summed E-state index contributed by atoms with van der Waals surface area (Å²) in [6.07, 6.45) is 1.27. The average Bonchev–Trinajstić information content (AvgIpc) is 3.42. The standard InChI is InChI=1S/C24H27NO5/c1-16(26)23-22(30-25-24(23)21(27)9-7-17-10-11-28-13-17)15-29-14-18-6-8-19-4-2-3-5-20(19)12-18/h2-6,8,12,16-17,26H,7,9-11,13-15H2,1H3. The highest BCUT2D eigenvalue weighted by atomic mass is 16.5. The van der Waals surface area contributed by atoms with E-state index in [1.165, 1.54) is 5.39 Å². The molecule has 1 aromatic heterocycles. The fraction of sp³-hybridized carbons (Fsp3) is 0.417. The van der Waals surface area contributed by atoms with Crippen molar-refractivity contribution in [2.75, 3.05) is 13.2 Å². The Morgan fingerprint density at radius 3 is 2.83 bits per heavy atom. The second-order valence-electron chi connectivity index (χ2n) is 7.91. The van der Waals surface area contributed by atoms with Gasteiger partial charge in [-0.05, 0) is 48.1 Å². The van der Waals surface area contributed by atoms with Crippen LogP contribution >= 0.6 is 0 Å². The largest absolute Gasteiger partial charge is 0.388 e. The van der Waals surface area contributed by atoms with Gasteiger partial charge in [0.15, 0.2) is 17.2 Å². The number of hydrogen-bond acceptors (Lipinski definition) is 6. The lowest BCUT2D eigenvalue weighted by Gasteiger charge is -2.09. The van der Waals surface area contributed by atoms with Crippen LogP contribution in [0.5, 0.6) is 0 Å². The van der Waals surface area contributed by atoms with Gasteiger partial charge in [0.05, 0.1) is 18.3 Å². The van der Waals surface area contributed by atoms with Crippen molar-refractivity contribution in [2.24, 2.45) is 5.92 Å². The Hall–Kier alpha value is -2.54. The van der Waals surface area contributed by atoms with Gasteiger partial charge in [0, 0.05) is 19.6 Å². The monoisotopic (exact) mass is 409 g/mol. The number of aliphatic hydroxyl groups excluding tert-OH is 1. The third kappa shape index (κ3) is 4.78. The molecule has 4 rings (SSSR count). The van der Waals surface area contributed by atoms with Crippen molar-refractivity contribution >= 4 is 16.6 Å². The Labute approximate surface area is 175 Å². The predicted molar refractivity (Wildman–Crippen MR) is 112 cm³/mol. The lowest BCUT2D eigenvalue weighted by Crippen LogP contribution is -2.10. The van der Waals surface area contributed by atoms with Gasteiger partial charge >= 0.3 is 0 Å². The second-order valence-corrected chi connectivity index (χ2v) is 7.91. The van der Waals surface area contributed by atoms with Crippen LogP contribution in [0.2, 0.25) is 0 Å². The molecule has 6 nitrogen and oxygen atoms in total. The number of hydrogen-bond donors (Lipinski definition) is 1. The number of Topliss-reactive ketones (excluding diaryl/α,β-unsaturated/α-hetero) is 1. The molecule has 1 saturated heterocycles. The van der Waals surface area contributed by atoms with Gasteiger partial charge in [0.1, 0.15) is 6.61 Å². The summed E-state index contributed by atoms with van der Waals surface area (Å²) < 4.78 is 16.5. The number of ether oxygens (including phenoxy) is 2. The van der Waals surface area contributed by atoms with Crippen LogP contribution in [0, 0.1) is 5.92 Å². The molecule has 0 amide bonds. The van der Waals surface area contributed by atoms with Gasteiger partial charge in [0.25, 0.3) is 0 Å². The molecule has 0 bridgehead atoms. The highest BCUT2D eigenvalue weighted by Crippen LogP contribution is 2.26. The number of aliphatic hydroxyl groups is 1. The molecule has 1 aliphatic rings. The van der Waals surface area contributed by atoms with Crippen LogP contribution in [0.1, 0.15) is 59.7 Å². The molecule has 1 N–H and O–H groups in total. The zero-order valence-corrected chi connectivity index (χ0v) is 17.2. The zero-order chi connectivity index (χ0) is 20.9. The van der Waals surface area contributed by atoms with Gasteiger partial charge in [-0.1, -0.05) is 41.6 Å². The number of carbonyl (C=O) groups excluding carboxylic acids is 1. The normalized spacial score (nSPS) is 17.5. The van der Waals surface area contributed by atoms with E-state index in [9.17, 15) is 9.90 Å². The Morgan fingerprint density at radius 2 is 2.07 bits per heavy atom. The molecule has 0 radical (unpaired) electrons. The summed E-state index contributed by atoms with van der Waals surface area (Å²) in [6, 6.07) is 14.3. The number of carbonyl (C=O) groups is 1. The number of fused-ring (bicyclic) bond motifs is 1. The predicted octanol–water partition coefficient (Wildman–Crippen LogP) is 4.60. The van der Waals surface area contributed by atoms with Crippen LogP contribution < -0.4 is 0 Å². The van der Waals surface area contributed by atoms with Gasteiger partial charge < -0.3 is 19.1 Å². The number of benzene rings is 2. The Balaban J connectivity index is 1.38. The number of nitrogens with zero attached hydrogens (tertiary/aromatic N) is 1. The minimum atomic E-state index is -0.857. The van der Waals surface area contributed by atoms with Gasteiger partial charge in [-0.3, -0.25) is 4.79 Å². The van der Waals surface area contributed by atoms with Gasteiger partial charge in [-0.15, -0.1) is 0 Å². The van der Waals surface area contributed by atoms with E-state index in [1.54, 1.807) is 6.92 Å². The first kappa shape index (κ1) is 20.7. The van der Waals surface area contributed by atoms with Crippen LogP contribution in [0.4, 0.5) is 0 Å². The second kappa shape index (κ2) is 9.51. The summed E-state index contributed by atoms with van der Waals surface area (Å²) in [6.45, 7) is 3.63. The molecule has 2 heterocycles. The maximum atomic E-state index is 12.6. The fourth-order valence-electron chi connectivity index (χ4n) is 3.92. The first-order valence-electron chi connectivity index (χ1n) is 10.4. The number of aromatic nitrogens is 1. The molecule has 158 valence electrons. The van der Waals surface area contributed by atoms with E-state index in [0.717, 1.165) is 30.4 Å². The first-order valence-corrected chi connectivity index (χ1v) is 10.4. The van der Waals surface area contributed by atoms with E-state index < -0.39 is 6.10 Å². The minimum Gasteiger partial charge on any atom is -0.388 e. The topological polar surface area (TPSA) is 81.8 Å². The van der Waals surface area contributed by atoms with Crippen molar-refractivity contribution in [1.82, 2.24) is 5.16 Å². The first-order chi connectivity index (χ1) is 14.6. The van der Waals surface area contributed by atoms with Crippen molar-refractivity contribution in [1.29, 1.82) is 0 Å². The minimum absolute atomic E-state index is 0.109. The van der Waals surface area contributed by atoms with Crippen LogP contribution in [-0.4, -0.2) is 29.3 Å². The summed E-state index contributed by atoms with van der Waals surface area (Å²) in [5.74, 6) is 0.710. The lowest BCUT2D eigenvalue weighted by atomic mass is 9.97. The summed E-state index contributed by atoms with van der Waals surface area (Å²) in [4.78, 5) is 12.6. The fourth-order valence-corrected chi connectivity index (χ4v) is 3.92. The molecule has 6 heteroatoms. The molecular weight excluding hydrogens is 382 g/mol. The van der Waals surface area contributed by atoms with Crippen LogP contribution in [0.3, 0.4) is 0 Å².